The second kappa shape index (κ2) is 42.8. The molecule has 0 aliphatic carbocycles. The number of ether oxygens (including phenoxy) is 2. The lowest BCUT2D eigenvalue weighted by atomic mass is 10.2. The van der Waals surface area contributed by atoms with Gasteiger partial charge in [-0.1, -0.05) is 148 Å². The van der Waals surface area contributed by atoms with E-state index >= 15 is 0 Å². The van der Waals surface area contributed by atoms with Crippen molar-refractivity contribution in [1.82, 2.24) is 0 Å². The molecule has 0 amide bonds. The normalized spacial score (nSPS) is 14.9. The number of hydrogen-bond acceptors (Lipinski definition) is 7. The molecular formula is C47H74NO7P. The van der Waals surface area contributed by atoms with Crippen LogP contribution in [0.5, 0.6) is 0 Å². The van der Waals surface area contributed by atoms with Crippen LogP contribution in [-0.2, 0) is 27.9 Å². The fourth-order valence-electron chi connectivity index (χ4n) is 4.63. The van der Waals surface area contributed by atoms with Gasteiger partial charge in [-0.05, 0) is 96.3 Å². The van der Waals surface area contributed by atoms with Crippen molar-refractivity contribution in [3.05, 3.63) is 134 Å². The molecule has 3 N–H and O–H groups in total. The molecule has 56 heavy (non-hydrogen) atoms. The summed E-state index contributed by atoms with van der Waals surface area (Å²) in [6, 6.07) is 0. The van der Waals surface area contributed by atoms with Gasteiger partial charge < -0.3 is 20.1 Å². The molecule has 0 aliphatic rings. The highest BCUT2D eigenvalue weighted by atomic mass is 31.2. The van der Waals surface area contributed by atoms with E-state index in [2.05, 4.69) is 148 Å². The lowest BCUT2D eigenvalue weighted by Gasteiger charge is -2.20. The van der Waals surface area contributed by atoms with Crippen LogP contribution in [0.25, 0.3) is 0 Å². The molecule has 0 rings (SSSR count). The van der Waals surface area contributed by atoms with Gasteiger partial charge in [0.1, 0.15) is 6.10 Å². The van der Waals surface area contributed by atoms with Crippen molar-refractivity contribution in [2.24, 2.45) is 5.73 Å². The molecule has 0 spiro atoms. The van der Waals surface area contributed by atoms with Crippen molar-refractivity contribution in [3.8, 4) is 0 Å². The van der Waals surface area contributed by atoms with Crippen molar-refractivity contribution in [3.63, 3.8) is 0 Å². The van der Waals surface area contributed by atoms with Crippen molar-refractivity contribution in [1.29, 1.82) is 0 Å². The summed E-state index contributed by atoms with van der Waals surface area (Å²) in [6.45, 7) is 4.40. The second-order valence-corrected chi connectivity index (χ2v) is 14.2. The van der Waals surface area contributed by atoms with Crippen LogP contribution in [0.15, 0.2) is 134 Å². The minimum atomic E-state index is -4.32. The predicted molar refractivity (Wildman–Crippen MR) is 237 cm³/mol. The number of hydrogen-bond donors (Lipinski definition) is 2. The number of nitrogens with two attached hydrogens (primary N) is 1. The molecule has 2 unspecified atom stereocenters. The third-order valence-corrected chi connectivity index (χ3v) is 8.55. The Morgan fingerprint density at radius 3 is 1.30 bits per heavy atom. The first-order valence-electron chi connectivity index (χ1n) is 20.7. The lowest BCUT2D eigenvalue weighted by Crippen LogP contribution is -2.28. The van der Waals surface area contributed by atoms with Crippen LogP contribution in [-0.4, -0.2) is 49.9 Å². The van der Waals surface area contributed by atoms with Crippen LogP contribution in [0.1, 0.15) is 117 Å². The number of carbonyl (C=O) groups excluding carboxylic acids is 1. The first-order chi connectivity index (χ1) is 27.4. The maximum Gasteiger partial charge on any atom is 0.472 e. The summed E-state index contributed by atoms with van der Waals surface area (Å²) < 4.78 is 33.2. The lowest BCUT2D eigenvalue weighted by molar-refractivity contribution is -0.154. The van der Waals surface area contributed by atoms with E-state index in [9.17, 15) is 14.3 Å². The smallest absolute Gasteiger partial charge is 0.457 e. The number of esters is 1. The summed E-state index contributed by atoms with van der Waals surface area (Å²) in [6.07, 6.45) is 60.6. The first-order valence-corrected chi connectivity index (χ1v) is 22.2. The molecule has 0 bridgehead atoms. The molecule has 9 heteroatoms. The number of allylic oxidation sites excluding steroid dienone is 22. The summed E-state index contributed by atoms with van der Waals surface area (Å²) in [7, 11) is -4.32. The van der Waals surface area contributed by atoms with Crippen LogP contribution < -0.4 is 5.73 Å². The van der Waals surface area contributed by atoms with Gasteiger partial charge in [0.25, 0.3) is 0 Å². The molecule has 2 atom stereocenters. The quantitative estimate of drug-likeness (QED) is 0.0276. The topological polar surface area (TPSA) is 117 Å². The number of phosphoric acid groups is 1. The number of phosphoric ester groups is 1. The third kappa shape index (κ3) is 41.8. The second-order valence-electron chi connectivity index (χ2n) is 12.7. The Balaban J connectivity index is 4.31. The molecule has 0 aromatic rings. The van der Waals surface area contributed by atoms with Crippen molar-refractivity contribution in [2.75, 3.05) is 33.0 Å². The Labute approximate surface area is 340 Å². The van der Waals surface area contributed by atoms with E-state index in [1.54, 1.807) is 0 Å². The van der Waals surface area contributed by atoms with Gasteiger partial charge in [-0.2, -0.15) is 0 Å². The van der Waals surface area contributed by atoms with E-state index in [4.69, 9.17) is 24.3 Å². The molecule has 0 fully saturated rings. The largest absolute Gasteiger partial charge is 0.472 e. The van der Waals surface area contributed by atoms with E-state index in [1.165, 1.54) is 0 Å². The van der Waals surface area contributed by atoms with Crippen molar-refractivity contribution in [2.45, 2.75) is 123 Å². The van der Waals surface area contributed by atoms with Crippen LogP contribution in [0.3, 0.4) is 0 Å². The minimum Gasteiger partial charge on any atom is -0.457 e. The van der Waals surface area contributed by atoms with Crippen LogP contribution >= 0.6 is 7.82 Å². The monoisotopic (exact) mass is 796 g/mol. The highest BCUT2D eigenvalue weighted by Crippen LogP contribution is 2.43. The van der Waals surface area contributed by atoms with E-state index in [-0.39, 0.29) is 32.8 Å². The fraction of sp³-hybridized carbons (Fsp3) is 0.511. The minimum absolute atomic E-state index is 0.0428. The Kier molecular flexibility index (Phi) is 40.2. The van der Waals surface area contributed by atoms with E-state index in [0.717, 1.165) is 89.9 Å². The average Bonchev–Trinajstić information content (AvgIpc) is 3.19. The van der Waals surface area contributed by atoms with E-state index in [0.29, 0.717) is 13.0 Å². The van der Waals surface area contributed by atoms with Crippen LogP contribution in [0.4, 0.5) is 0 Å². The molecule has 314 valence electrons. The molecule has 0 saturated carbocycles. The summed E-state index contributed by atoms with van der Waals surface area (Å²) in [4.78, 5) is 22.4. The zero-order valence-electron chi connectivity index (χ0n) is 34.5. The van der Waals surface area contributed by atoms with Gasteiger partial charge in [0.05, 0.1) is 19.8 Å². The molecule has 0 aliphatic heterocycles. The van der Waals surface area contributed by atoms with Gasteiger partial charge in [0, 0.05) is 19.6 Å². The zero-order chi connectivity index (χ0) is 40.9. The highest BCUT2D eigenvalue weighted by molar-refractivity contribution is 7.47. The molecule has 0 aromatic carbocycles. The molecule has 0 heterocycles. The van der Waals surface area contributed by atoms with Crippen molar-refractivity contribution >= 4 is 13.8 Å². The SMILES string of the molecule is CC/C=C\C/C=C\C/C=C\C/C=C\C/C=C\C/C=C\CCCOCC(COP(=O)(O)OCCN)OC(=O)CCC/C=C\C/C=C\C/C=C\C/C=C\C/C=C\CC. The molecule has 0 radical (unpaired) electrons. The summed E-state index contributed by atoms with van der Waals surface area (Å²) in [5.74, 6) is -0.414. The van der Waals surface area contributed by atoms with Gasteiger partial charge in [0.2, 0.25) is 0 Å². The highest BCUT2D eigenvalue weighted by Gasteiger charge is 2.25. The summed E-state index contributed by atoms with van der Waals surface area (Å²) in [5, 5.41) is 0. The maximum absolute atomic E-state index is 12.5. The fourth-order valence-corrected chi connectivity index (χ4v) is 5.40. The van der Waals surface area contributed by atoms with Gasteiger partial charge >= 0.3 is 13.8 Å². The van der Waals surface area contributed by atoms with Gasteiger partial charge in [-0.3, -0.25) is 13.8 Å². The first kappa shape index (κ1) is 52.6. The Morgan fingerprint density at radius 1 is 0.536 bits per heavy atom. The number of unbranched alkanes of at least 4 members (excludes halogenated alkanes) is 2. The molecular weight excluding hydrogens is 721 g/mol. The van der Waals surface area contributed by atoms with Crippen molar-refractivity contribution < 1.29 is 32.8 Å². The van der Waals surface area contributed by atoms with Crippen LogP contribution in [0, 0.1) is 0 Å². The zero-order valence-corrected chi connectivity index (χ0v) is 35.4. The van der Waals surface area contributed by atoms with Gasteiger partial charge in [-0.15, -0.1) is 0 Å². The number of rotatable bonds is 37. The molecule has 0 saturated heterocycles. The maximum atomic E-state index is 12.5. The van der Waals surface area contributed by atoms with Crippen LogP contribution in [0.2, 0.25) is 0 Å². The summed E-state index contributed by atoms with van der Waals surface area (Å²) >= 11 is 0. The summed E-state index contributed by atoms with van der Waals surface area (Å²) in [5.41, 5.74) is 5.35. The standard InChI is InChI=1S/C47H74NO7P/c1-3-5-7-9-11-13-15-17-19-21-22-23-25-27-29-31-33-35-37-39-42-52-44-46(45-54-56(50,51)53-43-41-48)55-47(49)40-38-36-34-32-30-28-26-24-20-18-16-14-12-10-8-6-4-2/h5-8,11-14,17-20,22-23,26-29,32-35,46H,3-4,9-10,15-16,21,24-25,30-31,36-45,48H2,1-2H3,(H,50,51)/b7-5-,8-6-,13-11-,14-12-,19-17-,20-18-,23-22-,28-26-,29-27-,34-32-,35-33-. The molecule has 0 aromatic heterocycles. The Bertz CT molecular complexity index is 1300. The third-order valence-electron chi connectivity index (χ3n) is 7.56. The van der Waals surface area contributed by atoms with Gasteiger partial charge in [0.15, 0.2) is 0 Å². The molecule has 8 nitrogen and oxygen atoms in total. The van der Waals surface area contributed by atoms with Gasteiger partial charge in [-0.25, -0.2) is 4.57 Å². The Morgan fingerprint density at radius 2 is 0.911 bits per heavy atom. The average molecular weight is 796 g/mol. The Hall–Kier alpha value is -3.36. The van der Waals surface area contributed by atoms with E-state index < -0.39 is 19.9 Å². The predicted octanol–water partition coefficient (Wildman–Crippen LogP) is 12.4. The van der Waals surface area contributed by atoms with E-state index in [1.807, 2.05) is 0 Å². The number of carbonyl (C=O) groups is 1.